The monoisotopic (exact) mass is 196 g/mol. The highest BCUT2D eigenvalue weighted by atomic mass is 16.3. The predicted octanol–water partition coefficient (Wildman–Crippen LogP) is -0.264. The van der Waals surface area contributed by atoms with E-state index in [2.05, 4.69) is 29.2 Å². The van der Waals surface area contributed by atoms with Crippen molar-refractivity contribution in [1.82, 2.24) is 20.1 Å². The maximum atomic E-state index is 9.94. The van der Waals surface area contributed by atoms with E-state index in [1.807, 2.05) is 4.68 Å². The van der Waals surface area contributed by atoms with Crippen molar-refractivity contribution in [2.24, 2.45) is 0 Å². The number of aliphatic hydroxyl groups is 1. The summed E-state index contributed by atoms with van der Waals surface area (Å²) >= 11 is 0. The summed E-state index contributed by atoms with van der Waals surface area (Å²) in [6, 6.07) is 0.295. The first kappa shape index (κ1) is 9.61. The molecule has 0 radical (unpaired) electrons. The van der Waals surface area contributed by atoms with E-state index in [0.717, 1.165) is 5.82 Å². The second-order valence-electron chi connectivity index (χ2n) is 4.22. The minimum atomic E-state index is -0.611. The van der Waals surface area contributed by atoms with E-state index in [-0.39, 0.29) is 0 Å². The van der Waals surface area contributed by atoms with Crippen LogP contribution in [0, 0.1) is 0 Å². The van der Waals surface area contributed by atoms with Crippen LogP contribution in [0.4, 0.5) is 0 Å². The van der Waals surface area contributed by atoms with Gasteiger partial charge in [0.2, 0.25) is 0 Å². The molecule has 2 heterocycles. The molecule has 0 bridgehead atoms. The summed E-state index contributed by atoms with van der Waals surface area (Å²) in [4.78, 5) is 4.17. The highest BCUT2D eigenvalue weighted by molar-refractivity contribution is 5.02. The summed E-state index contributed by atoms with van der Waals surface area (Å²) < 4.78 is 1.86. The Bertz CT molecular complexity index is 316. The Morgan fingerprint density at radius 3 is 2.86 bits per heavy atom. The lowest BCUT2D eigenvalue weighted by molar-refractivity contribution is -0.0117. The number of hydrogen-bond donors (Lipinski definition) is 2. The van der Waals surface area contributed by atoms with Gasteiger partial charge in [-0.15, -0.1) is 0 Å². The van der Waals surface area contributed by atoms with Gasteiger partial charge in [-0.1, -0.05) is 0 Å². The van der Waals surface area contributed by atoms with Crippen molar-refractivity contribution in [2.75, 3.05) is 13.1 Å². The van der Waals surface area contributed by atoms with Gasteiger partial charge in [-0.3, -0.25) is 0 Å². The van der Waals surface area contributed by atoms with Crippen LogP contribution in [0.25, 0.3) is 0 Å². The Hall–Kier alpha value is -0.940. The molecular formula is C9H16N4O. The zero-order valence-corrected chi connectivity index (χ0v) is 8.56. The lowest BCUT2D eigenvalue weighted by Gasteiger charge is -2.37. The summed E-state index contributed by atoms with van der Waals surface area (Å²) in [5.41, 5.74) is -0.611. The van der Waals surface area contributed by atoms with Crippen LogP contribution in [0.3, 0.4) is 0 Å². The quantitative estimate of drug-likeness (QED) is 0.699. The zero-order chi connectivity index (χ0) is 10.2. The third kappa shape index (κ3) is 1.65. The highest BCUT2D eigenvalue weighted by Gasteiger charge is 2.35. The topological polar surface area (TPSA) is 63.0 Å². The molecule has 0 saturated carbocycles. The fourth-order valence-electron chi connectivity index (χ4n) is 1.66. The average molecular weight is 196 g/mol. The van der Waals surface area contributed by atoms with Crippen LogP contribution in [-0.4, -0.2) is 38.6 Å². The molecule has 2 rings (SSSR count). The molecule has 1 aromatic heterocycles. The third-order valence-electron chi connectivity index (χ3n) is 2.53. The number of nitrogens with one attached hydrogen (secondary N) is 1. The molecule has 0 atom stereocenters. The normalized spacial score (nSPS) is 19.7. The van der Waals surface area contributed by atoms with Gasteiger partial charge in [-0.2, -0.15) is 5.10 Å². The molecule has 78 valence electrons. The maximum Gasteiger partial charge on any atom is 0.138 e. The molecule has 0 unspecified atom stereocenters. The average Bonchev–Trinajstić information content (AvgIpc) is 2.49. The fourth-order valence-corrected chi connectivity index (χ4v) is 1.66. The van der Waals surface area contributed by atoms with Crippen LogP contribution in [0.2, 0.25) is 0 Å². The summed E-state index contributed by atoms with van der Waals surface area (Å²) in [5.74, 6) is 0.865. The maximum absolute atomic E-state index is 9.94. The minimum Gasteiger partial charge on any atom is -0.387 e. The van der Waals surface area contributed by atoms with Gasteiger partial charge in [0.15, 0.2) is 0 Å². The lowest BCUT2D eigenvalue weighted by Crippen LogP contribution is -2.61. The third-order valence-corrected chi connectivity index (χ3v) is 2.53. The first-order chi connectivity index (χ1) is 6.61. The Morgan fingerprint density at radius 2 is 2.36 bits per heavy atom. The van der Waals surface area contributed by atoms with Gasteiger partial charge in [-0.05, 0) is 13.8 Å². The number of rotatable bonds is 3. The molecule has 1 saturated heterocycles. The Kier molecular flexibility index (Phi) is 2.28. The number of hydrogen-bond acceptors (Lipinski definition) is 4. The molecular weight excluding hydrogens is 180 g/mol. The van der Waals surface area contributed by atoms with Crippen molar-refractivity contribution in [1.29, 1.82) is 0 Å². The summed E-state index contributed by atoms with van der Waals surface area (Å²) in [5, 5.41) is 17.1. The molecule has 1 aromatic rings. The molecule has 5 heteroatoms. The van der Waals surface area contributed by atoms with Crippen LogP contribution < -0.4 is 5.32 Å². The van der Waals surface area contributed by atoms with E-state index >= 15 is 0 Å². The van der Waals surface area contributed by atoms with Gasteiger partial charge in [0.25, 0.3) is 0 Å². The smallest absolute Gasteiger partial charge is 0.138 e. The summed E-state index contributed by atoms with van der Waals surface area (Å²) in [6.07, 6.45) is 2.13. The molecule has 5 nitrogen and oxygen atoms in total. The van der Waals surface area contributed by atoms with Crippen molar-refractivity contribution < 1.29 is 5.11 Å². The lowest BCUT2D eigenvalue weighted by atomic mass is 9.93. The molecule has 0 spiro atoms. The van der Waals surface area contributed by atoms with Crippen LogP contribution >= 0.6 is 0 Å². The molecule has 1 aliphatic heterocycles. The van der Waals surface area contributed by atoms with Crippen LogP contribution in [0.5, 0.6) is 0 Å². The van der Waals surface area contributed by atoms with Gasteiger partial charge in [0.1, 0.15) is 12.2 Å². The Morgan fingerprint density at radius 1 is 1.64 bits per heavy atom. The van der Waals surface area contributed by atoms with Crippen molar-refractivity contribution in [3.63, 3.8) is 0 Å². The van der Waals surface area contributed by atoms with Gasteiger partial charge in [0.05, 0.1) is 5.60 Å². The van der Waals surface area contributed by atoms with E-state index in [4.69, 9.17) is 0 Å². The highest BCUT2D eigenvalue weighted by Crippen LogP contribution is 2.17. The predicted molar refractivity (Wildman–Crippen MR) is 51.9 cm³/mol. The first-order valence-electron chi connectivity index (χ1n) is 4.92. The number of β-amino-alcohol motifs (C(OH)–C–C–N with tert-alkyl or cyclic N) is 1. The standard InChI is InChI=1S/C9H16N4O/c1-7(2)13-8(11-6-12-13)3-9(14)4-10-5-9/h6-7,10,14H,3-5H2,1-2H3. The molecule has 0 amide bonds. The van der Waals surface area contributed by atoms with Crippen molar-refractivity contribution in [2.45, 2.75) is 31.9 Å². The van der Waals surface area contributed by atoms with E-state index in [1.54, 1.807) is 6.33 Å². The van der Waals surface area contributed by atoms with E-state index < -0.39 is 5.60 Å². The van der Waals surface area contributed by atoms with E-state index in [9.17, 15) is 5.11 Å². The van der Waals surface area contributed by atoms with Crippen LogP contribution in [-0.2, 0) is 6.42 Å². The largest absolute Gasteiger partial charge is 0.387 e. The van der Waals surface area contributed by atoms with E-state index in [0.29, 0.717) is 25.6 Å². The first-order valence-corrected chi connectivity index (χ1v) is 4.92. The molecule has 0 aromatic carbocycles. The number of aromatic nitrogens is 3. The molecule has 1 fully saturated rings. The molecule has 14 heavy (non-hydrogen) atoms. The van der Waals surface area contributed by atoms with Crippen LogP contribution in [0.15, 0.2) is 6.33 Å². The van der Waals surface area contributed by atoms with Gasteiger partial charge in [-0.25, -0.2) is 9.67 Å². The fraction of sp³-hybridized carbons (Fsp3) is 0.778. The molecule has 1 aliphatic rings. The summed E-state index contributed by atoms with van der Waals surface area (Å²) in [6.45, 7) is 5.42. The Balaban J connectivity index is 2.12. The summed E-state index contributed by atoms with van der Waals surface area (Å²) in [7, 11) is 0. The van der Waals surface area contributed by atoms with Crippen LogP contribution in [0.1, 0.15) is 25.7 Å². The molecule has 0 aliphatic carbocycles. The minimum absolute atomic E-state index is 0.295. The van der Waals surface area contributed by atoms with Gasteiger partial charge >= 0.3 is 0 Å². The van der Waals surface area contributed by atoms with Gasteiger partial charge in [0, 0.05) is 25.6 Å². The zero-order valence-electron chi connectivity index (χ0n) is 8.56. The van der Waals surface area contributed by atoms with E-state index in [1.165, 1.54) is 0 Å². The molecule has 2 N–H and O–H groups in total. The van der Waals surface area contributed by atoms with Crippen molar-refractivity contribution in [3.8, 4) is 0 Å². The second-order valence-corrected chi connectivity index (χ2v) is 4.22. The van der Waals surface area contributed by atoms with Crippen molar-refractivity contribution in [3.05, 3.63) is 12.2 Å². The Labute approximate surface area is 83.2 Å². The van der Waals surface area contributed by atoms with Crippen molar-refractivity contribution >= 4 is 0 Å². The van der Waals surface area contributed by atoms with Gasteiger partial charge < -0.3 is 10.4 Å². The number of nitrogens with zero attached hydrogens (tertiary/aromatic N) is 3. The SMILES string of the molecule is CC(C)n1ncnc1CC1(O)CNC1. The second kappa shape index (κ2) is 3.33.